The van der Waals surface area contributed by atoms with Crippen molar-refractivity contribution in [2.24, 2.45) is 5.92 Å². The minimum Gasteiger partial charge on any atom is -0.343 e. The molecular formula is C16H23ClN2O. The molecule has 0 spiro atoms. The third-order valence-electron chi connectivity index (χ3n) is 3.93. The minimum absolute atomic E-state index is 0.267. The van der Waals surface area contributed by atoms with E-state index in [9.17, 15) is 4.79 Å². The molecule has 0 saturated carbocycles. The van der Waals surface area contributed by atoms with Crippen molar-refractivity contribution in [1.29, 1.82) is 0 Å². The zero-order valence-corrected chi connectivity index (χ0v) is 12.8. The minimum atomic E-state index is 0.267. The highest BCUT2D eigenvalue weighted by atomic mass is 35.5. The molecule has 4 heteroatoms. The fourth-order valence-electron chi connectivity index (χ4n) is 2.48. The van der Waals surface area contributed by atoms with Gasteiger partial charge in [-0.25, -0.2) is 0 Å². The first-order chi connectivity index (χ1) is 9.66. The van der Waals surface area contributed by atoms with Gasteiger partial charge in [-0.2, -0.15) is 0 Å². The molecule has 1 aliphatic heterocycles. The number of hydrogen-bond acceptors (Lipinski definition) is 2. The van der Waals surface area contributed by atoms with Crippen LogP contribution in [0.4, 0.5) is 0 Å². The van der Waals surface area contributed by atoms with E-state index in [0.29, 0.717) is 19.5 Å². The number of likely N-dealkylation sites (tertiary alicyclic amines) is 1. The van der Waals surface area contributed by atoms with E-state index >= 15 is 0 Å². The number of piperidine rings is 1. The van der Waals surface area contributed by atoms with Crippen LogP contribution in [0.25, 0.3) is 0 Å². The Bertz CT molecular complexity index is 442. The molecule has 0 aliphatic carbocycles. The van der Waals surface area contributed by atoms with Crippen LogP contribution in [0.2, 0.25) is 5.02 Å². The number of carbonyl (C=O) groups is 1. The van der Waals surface area contributed by atoms with E-state index in [0.717, 1.165) is 42.4 Å². The summed E-state index contributed by atoms with van der Waals surface area (Å²) in [5, 5.41) is 4.06. The van der Waals surface area contributed by atoms with Crippen LogP contribution < -0.4 is 5.32 Å². The van der Waals surface area contributed by atoms with E-state index in [1.165, 1.54) is 0 Å². The van der Waals surface area contributed by atoms with Crippen molar-refractivity contribution in [3.8, 4) is 0 Å². The second-order valence-electron chi connectivity index (χ2n) is 5.58. The average molecular weight is 295 g/mol. The van der Waals surface area contributed by atoms with Crippen molar-refractivity contribution in [3.05, 3.63) is 34.9 Å². The molecule has 2 rings (SSSR count). The number of nitrogens with one attached hydrogen (secondary N) is 1. The summed E-state index contributed by atoms with van der Waals surface area (Å²) in [6.45, 7) is 5.52. The average Bonchev–Trinajstić information content (AvgIpc) is 2.46. The lowest BCUT2D eigenvalue weighted by Gasteiger charge is -2.30. The van der Waals surface area contributed by atoms with Crippen LogP contribution in [0, 0.1) is 5.92 Å². The second kappa shape index (κ2) is 7.65. The fourth-order valence-corrected chi connectivity index (χ4v) is 2.68. The number of amides is 1. The van der Waals surface area contributed by atoms with E-state index in [-0.39, 0.29) is 5.91 Å². The summed E-state index contributed by atoms with van der Waals surface area (Å²) in [6.07, 6.45) is 2.84. The summed E-state index contributed by atoms with van der Waals surface area (Å²) in [7, 11) is 0. The van der Waals surface area contributed by atoms with E-state index in [1.54, 1.807) is 0 Å². The normalized spacial score (nSPS) is 16.4. The van der Waals surface area contributed by atoms with Crippen LogP contribution in [0.15, 0.2) is 24.3 Å². The lowest BCUT2D eigenvalue weighted by atomic mass is 9.99. The number of hydrogen-bond donors (Lipinski definition) is 1. The molecule has 1 aromatic carbocycles. The summed E-state index contributed by atoms with van der Waals surface area (Å²) in [5.74, 6) is 1.03. The molecule has 1 amide bonds. The first-order valence-corrected chi connectivity index (χ1v) is 7.76. The Balaban J connectivity index is 1.66. The lowest BCUT2D eigenvalue weighted by molar-refractivity contribution is -0.132. The van der Waals surface area contributed by atoms with Crippen molar-refractivity contribution >= 4 is 17.5 Å². The molecule has 20 heavy (non-hydrogen) atoms. The Kier molecular flexibility index (Phi) is 5.86. The summed E-state index contributed by atoms with van der Waals surface area (Å²) >= 11 is 6.09. The molecule has 1 aliphatic rings. The van der Waals surface area contributed by atoms with E-state index in [4.69, 9.17) is 11.6 Å². The number of nitrogens with zero attached hydrogens (tertiary/aromatic N) is 1. The van der Waals surface area contributed by atoms with Gasteiger partial charge in [0.05, 0.1) is 0 Å². The molecular weight excluding hydrogens is 272 g/mol. The molecule has 1 saturated heterocycles. The molecule has 3 nitrogen and oxygen atoms in total. The van der Waals surface area contributed by atoms with Crippen molar-refractivity contribution in [2.45, 2.75) is 32.7 Å². The molecule has 110 valence electrons. The molecule has 0 radical (unpaired) electrons. The maximum absolute atomic E-state index is 12.0. The third kappa shape index (κ3) is 4.50. The number of carbonyl (C=O) groups excluding carboxylic acids is 1. The summed E-state index contributed by atoms with van der Waals surface area (Å²) in [5.41, 5.74) is 1.08. The van der Waals surface area contributed by atoms with Gasteiger partial charge in [-0.3, -0.25) is 4.79 Å². The largest absolute Gasteiger partial charge is 0.343 e. The zero-order chi connectivity index (χ0) is 14.4. The maximum Gasteiger partial charge on any atom is 0.223 e. The Morgan fingerprint density at radius 3 is 2.75 bits per heavy atom. The highest BCUT2D eigenvalue weighted by Gasteiger charge is 2.19. The van der Waals surface area contributed by atoms with Gasteiger partial charge >= 0.3 is 0 Å². The van der Waals surface area contributed by atoms with E-state index in [1.807, 2.05) is 29.2 Å². The lowest BCUT2D eigenvalue weighted by Crippen LogP contribution is -2.39. The predicted molar refractivity (Wildman–Crippen MR) is 82.8 cm³/mol. The van der Waals surface area contributed by atoms with Crippen LogP contribution in [0.1, 0.15) is 31.7 Å². The fraction of sp³-hybridized carbons (Fsp3) is 0.562. The summed E-state index contributed by atoms with van der Waals surface area (Å²) in [4.78, 5) is 14.0. The second-order valence-corrected chi connectivity index (χ2v) is 5.99. The zero-order valence-electron chi connectivity index (χ0n) is 12.1. The van der Waals surface area contributed by atoms with Gasteiger partial charge in [0.2, 0.25) is 5.91 Å². The Hall–Kier alpha value is -1.06. The molecule has 1 heterocycles. The van der Waals surface area contributed by atoms with Crippen LogP contribution in [0.5, 0.6) is 0 Å². The Labute approximate surface area is 126 Å². The van der Waals surface area contributed by atoms with Gasteiger partial charge in [0.25, 0.3) is 0 Å². The predicted octanol–water partition coefficient (Wildman–Crippen LogP) is 3.08. The van der Waals surface area contributed by atoms with Crippen molar-refractivity contribution in [3.63, 3.8) is 0 Å². The summed E-state index contributed by atoms with van der Waals surface area (Å²) in [6, 6.07) is 7.79. The molecule has 1 N–H and O–H groups in total. The highest BCUT2D eigenvalue weighted by Crippen LogP contribution is 2.16. The van der Waals surface area contributed by atoms with Gasteiger partial charge in [0.15, 0.2) is 0 Å². The van der Waals surface area contributed by atoms with Crippen molar-refractivity contribution in [1.82, 2.24) is 10.2 Å². The van der Waals surface area contributed by atoms with Gasteiger partial charge in [0, 0.05) is 37.6 Å². The van der Waals surface area contributed by atoms with Crippen molar-refractivity contribution in [2.75, 3.05) is 19.6 Å². The monoisotopic (exact) mass is 294 g/mol. The highest BCUT2D eigenvalue weighted by molar-refractivity contribution is 6.31. The number of halogens is 1. The topological polar surface area (TPSA) is 32.3 Å². The molecule has 1 fully saturated rings. The number of benzene rings is 1. The van der Waals surface area contributed by atoms with E-state index in [2.05, 4.69) is 12.2 Å². The maximum atomic E-state index is 12.0. The smallest absolute Gasteiger partial charge is 0.223 e. The Morgan fingerprint density at radius 2 is 2.05 bits per heavy atom. The molecule has 1 aromatic rings. The standard InChI is InChI=1S/C16H23ClN2O/c1-13-7-10-19(11-8-13)16(20)6-9-18-12-14-4-2-3-5-15(14)17/h2-5,13,18H,6-12H2,1H3. The molecule has 0 aromatic heterocycles. The van der Waals surface area contributed by atoms with Gasteiger partial charge < -0.3 is 10.2 Å². The van der Waals surface area contributed by atoms with Crippen LogP contribution in [-0.4, -0.2) is 30.4 Å². The van der Waals surface area contributed by atoms with Gasteiger partial charge in [-0.1, -0.05) is 36.7 Å². The molecule has 0 unspecified atom stereocenters. The third-order valence-corrected chi connectivity index (χ3v) is 4.29. The quantitative estimate of drug-likeness (QED) is 0.847. The summed E-state index contributed by atoms with van der Waals surface area (Å²) < 4.78 is 0. The molecule has 0 atom stereocenters. The van der Waals surface area contributed by atoms with Gasteiger partial charge in [-0.15, -0.1) is 0 Å². The number of rotatable bonds is 5. The SMILES string of the molecule is CC1CCN(C(=O)CCNCc2ccccc2Cl)CC1. The van der Waals surface area contributed by atoms with Crippen LogP contribution in [0.3, 0.4) is 0 Å². The van der Waals surface area contributed by atoms with Crippen molar-refractivity contribution < 1.29 is 4.79 Å². The van der Waals surface area contributed by atoms with Gasteiger partial charge in [0.1, 0.15) is 0 Å². The Morgan fingerprint density at radius 1 is 1.35 bits per heavy atom. The molecule has 0 bridgehead atoms. The van der Waals surface area contributed by atoms with Crippen LogP contribution >= 0.6 is 11.6 Å². The first kappa shape index (κ1) is 15.3. The van der Waals surface area contributed by atoms with Crippen LogP contribution in [-0.2, 0) is 11.3 Å². The first-order valence-electron chi connectivity index (χ1n) is 7.38. The van der Waals surface area contributed by atoms with Gasteiger partial charge in [-0.05, 0) is 30.4 Å². The van der Waals surface area contributed by atoms with E-state index < -0.39 is 0 Å².